The van der Waals surface area contributed by atoms with Crippen molar-refractivity contribution < 1.29 is 9.66 Å². The molecule has 0 heterocycles. The van der Waals surface area contributed by atoms with Crippen molar-refractivity contribution in [1.29, 1.82) is 5.41 Å². The highest BCUT2D eigenvalue weighted by Crippen LogP contribution is 2.36. The molecular weight excluding hydrogens is 338 g/mol. The molecule has 0 radical (unpaired) electrons. The number of nitro benzene ring substituents is 1. The number of nitrogens with two attached hydrogens (primary N) is 1. The van der Waals surface area contributed by atoms with Crippen LogP contribution in [0.1, 0.15) is 11.1 Å². The molecule has 3 N–H and O–H groups in total. The second-order valence-corrected chi connectivity index (χ2v) is 5.13. The lowest BCUT2D eigenvalue weighted by atomic mass is 10.1. The third-order valence-corrected chi connectivity index (χ3v) is 3.65. The number of nitrogens with one attached hydrogen (secondary N) is 1. The Morgan fingerprint density at radius 3 is 2.67 bits per heavy atom. The fourth-order valence-corrected chi connectivity index (χ4v) is 2.34. The summed E-state index contributed by atoms with van der Waals surface area (Å²) in [5.41, 5.74) is 6.81. The summed E-state index contributed by atoms with van der Waals surface area (Å²) in [4.78, 5) is 10.4. The Bertz CT molecular complexity index is 731. The minimum absolute atomic E-state index is 0.0180. The summed E-state index contributed by atoms with van der Waals surface area (Å²) < 4.78 is 5.93. The summed E-state index contributed by atoms with van der Waals surface area (Å²) in [6.45, 7) is 1.81. The molecule has 0 atom stereocenters. The highest BCUT2D eigenvalue weighted by atomic mass is 79.9. The molecule has 0 aliphatic heterocycles. The molecule has 21 heavy (non-hydrogen) atoms. The second kappa shape index (κ2) is 5.92. The Balaban J connectivity index is 2.35. The molecular formula is C14H12BrN3O3. The molecule has 0 aliphatic rings. The van der Waals surface area contributed by atoms with Crippen molar-refractivity contribution in [2.45, 2.75) is 6.92 Å². The number of nitrogens with zero attached hydrogens (tertiary/aromatic N) is 1. The zero-order valence-electron chi connectivity index (χ0n) is 11.1. The number of hydrogen-bond donors (Lipinski definition) is 2. The first-order valence-electron chi connectivity index (χ1n) is 5.96. The van der Waals surface area contributed by atoms with E-state index in [0.29, 0.717) is 17.1 Å². The van der Waals surface area contributed by atoms with Gasteiger partial charge >= 0.3 is 0 Å². The highest BCUT2D eigenvalue weighted by molar-refractivity contribution is 9.10. The zero-order valence-corrected chi connectivity index (χ0v) is 12.7. The molecule has 0 aliphatic carbocycles. The molecule has 0 unspecified atom stereocenters. The zero-order chi connectivity index (χ0) is 15.6. The van der Waals surface area contributed by atoms with E-state index in [1.54, 1.807) is 30.3 Å². The topological polar surface area (TPSA) is 102 Å². The number of halogens is 1. The summed E-state index contributed by atoms with van der Waals surface area (Å²) >= 11 is 3.17. The van der Waals surface area contributed by atoms with Gasteiger partial charge in [0.25, 0.3) is 5.69 Å². The predicted molar refractivity (Wildman–Crippen MR) is 83.1 cm³/mol. The standard InChI is InChI=1S/C14H12BrN3O3/c1-8-7-9(5-6-10(8)14(16)17)21-12-4-2-3-11(13(12)15)18(19)20/h2-7H,1H3,(H3,16,17). The van der Waals surface area contributed by atoms with Crippen molar-refractivity contribution in [3.05, 3.63) is 62.1 Å². The van der Waals surface area contributed by atoms with Gasteiger partial charge in [0.2, 0.25) is 0 Å². The van der Waals surface area contributed by atoms with Gasteiger partial charge in [0.05, 0.1) is 4.92 Å². The number of ether oxygens (including phenoxy) is 1. The number of amidine groups is 1. The number of hydrogen-bond acceptors (Lipinski definition) is 4. The van der Waals surface area contributed by atoms with Crippen LogP contribution >= 0.6 is 15.9 Å². The molecule has 6 nitrogen and oxygen atoms in total. The van der Waals surface area contributed by atoms with Gasteiger partial charge in [-0.2, -0.15) is 0 Å². The van der Waals surface area contributed by atoms with Gasteiger partial charge in [0.15, 0.2) is 0 Å². The monoisotopic (exact) mass is 349 g/mol. The molecule has 2 rings (SSSR count). The van der Waals surface area contributed by atoms with Crippen LogP contribution in [0.3, 0.4) is 0 Å². The molecule has 0 saturated carbocycles. The molecule has 0 amide bonds. The number of nitro groups is 1. The van der Waals surface area contributed by atoms with E-state index >= 15 is 0 Å². The van der Waals surface area contributed by atoms with E-state index in [1.807, 2.05) is 6.92 Å². The summed E-state index contributed by atoms with van der Waals surface area (Å²) in [7, 11) is 0. The maximum absolute atomic E-state index is 10.9. The van der Waals surface area contributed by atoms with Crippen LogP contribution in [0.25, 0.3) is 0 Å². The molecule has 2 aromatic rings. The SMILES string of the molecule is Cc1cc(Oc2cccc([N+](=O)[O-])c2Br)ccc1C(=N)N. The van der Waals surface area contributed by atoms with E-state index in [2.05, 4.69) is 15.9 Å². The van der Waals surface area contributed by atoms with Crippen LogP contribution in [0.4, 0.5) is 5.69 Å². The van der Waals surface area contributed by atoms with E-state index in [9.17, 15) is 10.1 Å². The van der Waals surface area contributed by atoms with Crippen LogP contribution in [-0.4, -0.2) is 10.8 Å². The smallest absolute Gasteiger partial charge is 0.287 e. The van der Waals surface area contributed by atoms with E-state index in [4.69, 9.17) is 15.9 Å². The fraction of sp³-hybridized carbons (Fsp3) is 0.0714. The lowest BCUT2D eigenvalue weighted by molar-refractivity contribution is -0.385. The third-order valence-electron chi connectivity index (χ3n) is 2.86. The highest BCUT2D eigenvalue weighted by Gasteiger charge is 2.16. The van der Waals surface area contributed by atoms with Gasteiger partial charge in [-0.3, -0.25) is 15.5 Å². The molecule has 2 aromatic carbocycles. The summed E-state index contributed by atoms with van der Waals surface area (Å²) in [6.07, 6.45) is 0. The van der Waals surface area contributed by atoms with Crippen molar-refractivity contribution in [3.8, 4) is 11.5 Å². The van der Waals surface area contributed by atoms with Crippen LogP contribution in [0, 0.1) is 22.4 Å². The molecule has 0 fully saturated rings. The summed E-state index contributed by atoms with van der Waals surface area (Å²) in [5, 5.41) is 18.3. The first-order valence-corrected chi connectivity index (χ1v) is 6.75. The molecule has 0 saturated heterocycles. The summed E-state index contributed by atoms with van der Waals surface area (Å²) in [6, 6.07) is 9.64. The number of aryl methyl sites for hydroxylation is 1. The number of rotatable bonds is 4. The van der Waals surface area contributed by atoms with Gasteiger partial charge in [0, 0.05) is 11.6 Å². The predicted octanol–water partition coefficient (Wildman–Crippen LogP) is 3.74. The van der Waals surface area contributed by atoms with Crippen LogP contribution in [-0.2, 0) is 0 Å². The molecule has 108 valence electrons. The maximum Gasteiger partial charge on any atom is 0.287 e. The molecule has 0 bridgehead atoms. The number of nitrogen functional groups attached to an aromatic ring is 1. The van der Waals surface area contributed by atoms with Gasteiger partial charge in [-0.1, -0.05) is 6.07 Å². The van der Waals surface area contributed by atoms with Crippen molar-refractivity contribution in [2.24, 2.45) is 5.73 Å². The van der Waals surface area contributed by atoms with Crippen LogP contribution in [0.2, 0.25) is 0 Å². The Morgan fingerprint density at radius 2 is 2.10 bits per heavy atom. The van der Waals surface area contributed by atoms with E-state index in [-0.39, 0.29) is 16.0 Å². The van der Waals surface area contributed by atoms with Gasteiger partial charge in [-0.25, -0.2) is 0 Å². The van der Waals surface area contributed by atoms with Gasteiger partial charge in [0.1, 0.15) is 21.8 Å². The Labute approximate surface area is 129 Å². The van der Waals surface area contributed by atoms with Crippen molar-refractivity contribution >= 4 is 27.5 Å². The van der Waals surface area contributed by atoms with Gasteiger partial charge in [-0.15, -0.1) is 0 Å². The van der Waals surface area contributed by atoms with Gasteiger partial charge < -0.3 is 10.5 Å². The molecule has 7 heteroatoms. The normalized spacial score (nSPS) is 10.2. The van der Waals surface area contributed by atoms with Crippen LogP contribution in [0.15, 0.2) is 40.9 Å². The first kappa shape index (κ1) is 15.0. The fourth-order valence-electron chi connectivity index (χ4n) is 1.85. The average molecular weight is 350 g/mol. The van der Waals surface area contributed by atoms with Crippen LogP contribution < -0.4 is 10.5 Å². The number of benzene rings is 2. The van der Waals surface area contributed by atoms with E-state index in [0.717, 1.165) is 5.56 Å². The maximum atomic E-state index is 10.9. The van der Waals surface area contributed by atoms with E-state index in [1.165, 1.54) is 6.07 Å². The molecule has 0 aromatic heterocycles. The van der Waals surface area contributed by atoms with Crippen molar-refractivity contribution in [1.82, 2.24) is 0 Å². The minimum Gasteiger partial charge on any atom is -0.456 e. The largest absolute Gasteiger partial charge is 0.456 e. The van der Waals surface area contributed by atoms with Gasteiger partial charge in [-0.05, 0) is 52.7 Å². The Morgan fingerprint density at radius 1 is 1.38 bits per heavy atom. The Kier molecular flexibility index (Phi) is 4.23. The second-order valence-electron chi connectivity index (χ2n) is 4.34. The quantitative estimate of drug-likeness (QED) is 0.379. The first-order chi connectivity index (χ1) is 9.90. The Hall–Kier alpha value is -2.41. The van der Waals surface area contributed by atoms with Crippen molar-refractivity contribution in [2.75, 3.05) is 0 Å². The lowest BCUT2D eigenvalue weighted by Gasteiger charge is -2.10. The lowest BCUT2D eigenvalue weighted by Crippen LogP contribution is -2.12. The van der Waals surface area contributed by atoms with Crippen molar-refractivity contribution in [3.63, 3.8) is 0 Å². The summed E-state index contributed by atoms with van der Waals surface area (Å²) in [5.74, 6) is 0.841. The third kappa shape index (κ3) is 3.19. The average Bonchev–Trinajstić information content (AvgIpc) is 2.40. The minimum atomic E-state index is -0.485. The molecule has 0 spiro atoms. The van der Waals surface area contributed by atoms with Crippen LogP contribution in [0.5, 0.6) is 11.5 Å². The van der Waals surface area contributed by atoms with E-state index < -0.39 is 4.92 Å².